The van der Waals surface area contributed by atoms with Crippen molar-refractivity contribution in [3.05, 3.63) is 34.9 Å². The molecule has 0 atom stereocenters. The first kappa shape index (κ1) is 10.1. The average molecular weight is 222 g/mol. The van der Waals surface area contributed by atoms with Gasteiger partial charge in [0.05, 0.1) is 5.69 Å². The third-order valence-electron chi connectivity index (χ3n) is 2.36. The second-order valence-corrected chi connectivity index (χ2v) is 3.77. The molecule has 15 heavy (non-hydrogen) atoms. The third kappa shape index (κ3) is 1.83. The van der Waals surface area contributed by atoms with Gasteiger partial charge in [-0.2, -0.15) is 5.10 Å². The molecule has 1 aromatic heterocycles. The van der Waals surface area contributed by atoms with Crippen LogP contribution in [0.1, 0.15) is 5.56 Å². The molecule has 0 spiro atoms. The predicted molar refractivity (Wildman–Crippen MR) is 63.3 cm³/mol. The first-order valence-electron chi connectivity index (χ1n) is 4.71. The van der Waals surface area contributed by atoms with E-state index in [9.17, 15) is 0 Å². The maximum absolute atomic E-state index is 5.94. The van der Waals surface area contributed by atoms with E-state index in [2.05, 4.69) is 15.5 Å². The Morgan fingerprint density at radius 2 is 2.20 bits per heavy atom. The van der Waals surface area contributed by atoms with Gasteiger partial charge >= 0.3 is 0 Å². The fourth-order valence-corrected chi connectivity index (χ4v) is 1.76. The standard InChI is InChI=1S/C11H12ClN3/c1-7-10(14-15-11(7)13-2)8-4-3-5-9(12)6-8/h3-6H,1-2H3,(H2,13,14,15). The van der Waals surface area contributed by atoms with Crippen molar-refractivity contribution in [1.82, 2.24) is 10.2 Å². The number of H-pyrrole nitrogens is 1. The van der Waals surface area contributed by atoms with Gasteiger partial charge < -0.3 is 5.32 Å². The highest BCUT2D eigenvalue weighted by Crippen LogP contribution is 2.27. The van der Waals surface area contributed by atoms with Gasteiger partial charge in [-0.3, -0.25) is 5.10 Å². The summed E-state index contributed by atoms with van der Waals surface area (Å²) in [6, 6.07) is 7.71. The smallest absolute Gasteiger partial charge is 0.151 e. The van der Waals surface area contributed by atoms with Crippen LogP contribution in [0.3, 0.4) is 0 Å². The molecular weight excluding hydrogens is 210 g/mol. The number of hydrogen-bond acceptors (Lipinski definition) is 2. The number of nitrogens with zero attached hydrogens (tertiary/aromatic N) is 1. The van der Waals surface area contributed by atoms with E-state index in [4.69, 9.17) is 11.6 Å². The summed E-state index contributed by atoms with van der Waals surface area (Å²) in [7, 11) is 1.85. The number of hydrogen-bond donors (Lipinski definition) is 2. The lowest BCUT2D eigenvalue weighted by Crippen LogP contribution is -1.89. The molecular formula is C11H12ClN3. The van der Waals surface area contributed by atoms with Crippen LogP contribution in [0.2, 0.25) is 5.02 Å². The van der Waals surface area contributed by atoms with Gasteiger partial charge in [-0.25, -0.2) is 0 Å². The van der Waals surface area contributed by atoms with Crippen molar-refractivity contribution in [2.75, 3.05) is 12.4 Å². The molecule has 2 rings (SSSR count). The molecule has 0 unspecified atom stereocenters. The van der Waals surface area contributed by atoms with E-state index in [1.54, 1.807) is 0 Å². The zero-order chi connectivity index (χ0) is 10.8. The van der Waals surface area contributed by atoms with Crippen LogP contribution in [0.4, 0.5) is 5.82 Å². The van der Waals surface area contributed by atoms with Crippen molar-refractivity contribution in [2.45, 2.75) is 6.92 Å². The molecule has 0 aliphatic heterocycles. The largest absolute Gasteiger partial charge is 0.371 e. The van der Waals surface area contributed by atoms with E-state index in [0.29, 0.717) is 0 Å². The van der Waals surface area contributed by atoms with E-state index in [0.717, 1.165) is 27.7 Å². The predicted octanol–water partition coefficient (Wildman–Crippen LogP) is 3.08. The fraction of sp³-hybridized carbons (Fsp3) is 0.182. The normalized spacial score (nSPS) is 10.3. The first-order chi connectivity index (χ1) is 7.22. The summed E-state index contributed by atoms with van der Waals surface area (Å²) in [6.45, 7) is 2.02. The summed E-state index contributed by atoms with van der Waals surface area (Å²) in [5.74, 6) is 0.866. The molecule has 1 heterocycles. The molecule has 0 saturated heterocycles. The molecule has 0 saturated carbocycles. The van der Waals surface area contributed by atoms with Crippen molar-refractivity contribution in [1.29, 1.82) is 0 Å². The molecule has 0 aliphatic carbocycles. The minimum absolute atomic E-state index is 0.729. The van der Waals surface area contributed by atoms with Crippen molar-refractivity contribution >= 4 is 17.4 Å². The highest BCUT2D eigenvalue weighted by molar-refractivity contribution is 6.30. The van der Waals surface area contributed by atoms with E-state index < -0.39 is 0 Å². The average Bonchev–Trinajstić information content (AvgIpc) is 2.59. The molecule has 0 fully saturated rings. The van der Waals surface area contributed by atoms with Gasteiger partial charge in [-0.05, 0) is 19.1 Å². The summed E-state index contributed by atoms with van der Waals surface area (Å²) < 4.78 is 0. The number of anilines is 1. The Kier molecular flexibility index (Phi) is 2.64. The van der Waals surface area contributed by atoms with Crippen LogP contribution in [0.5, 0.6) is 0 Å². The lowest BCUT2D eigenvalue weighted by Gasteiger charge is -2.00. The highest BCUT2D eigenvalue weighted by Gasteiger charge is 2.09. The number of aromatic nitrogens is 2. The Morgan fingerprint density at radius 1 is 1.40 bits per heavy atom. The minimum Gasteiger partial charge on any atom is -0.371 e. The molecule has 0 bridgehead atoms. The van der Waals surface area contributed by atoms with Gasteiger partial charge in [0.1, 0.15) is 0 Å². The monoisotopic (exact) mass is 221 g/mol. The minimum atomic E-state index is 0.729. The molecule has 2 N–H and O–H groups in total. The maximum Gasteiger partial charge on any atom is 0.151 e. The summed E-state index contributed by atoms with van der Waals surface area (Å²) >= 11 is 5.94. The van der Waals surface area contributed by atoms with Gasteiger partial charge in [0.2, 0.25) is 0 Å². The summed E-state index contributed by atoms with van der Waals surface area (Å²) in [4.78, 5) is 0. The van der Waals surface area contributed by atoms with Gasteiger partial charge in [-0.15, -0.1) is 0 Å². The molecule has 0 amide bonds. The maximum atomic E-state index is 5.94. The molecule has 0 aliphatic rings. The Balaban J connectivity index is 2.49. The third-order valence-corrected chi connectivity index (χ3v) is 2.59. The molecule has 3 nitrogen and oxygen atoms in total. The zero-order valence-electron chi connectivity index (χ0n) is 8.63. The molecule has 4 heteroatoms. The van der Waals surface area contributed by atoms with Crippen molar-refractivity contribution in [3.8, 4) is 11.3 Å². The van der Waals surface area contributed by atoms with Gasteiger partial charge in [-0.1, -0.05) is 23.7 Å². The van der Waals surface area contributed by atoms with Crippen LogP contribution < -0.4 is 5.32 Å². The molecule has 1 aromatic carbocycles. The van der Waals surface area contributed by atoms with E-state index >= 15 is 0 Å². The van der Waals surface area contributed by atoms with Crippen LogP contribution in [-0.4, -0.2) is 17.2 Å². The summed E-state index contributed by atoms with van der Waals surface area (Å²) in [6.07, 6.45) is 0. The Morgan fingerprint density at radius 3 is 2.80 bits per heavy atom. The zero-order valence-corrected chi connectivity index (χ0v) is 9.39. The van der Waals surface area contributed by atoms with E-state index in [1.807, 2.05) is 38.2 Å². The SMILES string of the molecule is CNc1n[nH]c(-c2cccc(Cl)c2)c1C. The van der Waals surface area contributed by atoms with Crippen molar-refractivity contribution < 1.29 is 0 Å². The number of benzene rings is 1. The van der Waals surface area contributed by atoms with Crippen LogP contribution in [0.25, 0.3) is 11.3 Å². The highest BCUT2D eigenvalue weighted by atomic mass is 35.5. The second-order valence-electron chi connectivity index (χ2n) is 3.33. The first-order valence-corrected chi connectivity index (χ1v) is 5.09. The fourth-order valence-electron chi connectivity index (χ4n) is 1.57. The van der Waals surface area contributed by atoms with Crippen LogP contribution >= 0.6 is 11.6 Å². The Bertz CT molecular complexity index is 476. The van der Waals surface area contributed by atoms with Gasteiger partial charge in [0.25, 0.3) is 0 Å². The Labute approximate surface area is 93.5 Å². The quantitative estimate of drug-likeness (QED) is 0.818. The van der Waals surface area contributed by atoms with E-state index in [-0.39, 0.29) is 0 Å². The van der Waals surface area contributed by atoms with Gasteiger partial charge in [0.15, 0.2) is 5.82 Å². The number of aromatic amines is 1. The van der Waals surface area contributed by atoms with E-state index in [1.165, 1.54) is 0 Å². The summed E-state index contributed by atoms with van der Waals surface area (Å²) in [5.41, 5.74) is 3.15. The number of rotatable bonds is 2. The molecule has 2 aromatic rings. The van der Waals surface area contributed by atoms with Crippen LogP contribution in [-0.2, 0) is 0 Å². The van der Waals surface area contributed by atoms with Crippen LogP contribution in [0.15, 0.2) is 24.3 Å². The molecule has 78 valence electrons. The second kappa shape index (κ2) is 3.95. The van der Waals surface area contributed by atoms with Crippen LogP contribution in [0, 0.1) is 6.92 Å². The van der Waals surface area contributed by atoms with Crippen molar-refractivity contribution in [3.63, 3.8) is 0 Å². The Hall–Kier alpha value is -1.48. The number of halogens is 1. The van der Waals surface area contributed by atoms with Crippen molar-refractivity contribution in [2.24, 2.45) is 0 Å². The summed E-state index contributed by atoms with van der Waals surface area (Å²) in [5, 5.41) is 10.9. The molecule has 0 radical (unpaired) electrons. The lowest BCUT2D eigenvalue weighted by molar-refractivity contribution is 1.09. The van der Waals surface area contributed by atoms with Gasteiger partial charge in [0, 0.05) is 23.2 Å². The topological polar surface area (TPSA) is 40.7 Å². The lowest BCUT2D eigenvalue weighted by atomic mass is 10.1. The number of nitrogens with one attached hydrogen (secondary N) is 2.